The molecule has 3 amide bonds. The van der Waals surface area contributed by atoms with E-state index in [0.717, 1.165) is 28.1 Å². The summed E-state index contributed by atoms with van der Waals surface area (Å²) < 4.78 is 5.47. The van der Waals surface area contributed by atoms with Crippen molar-refractivity contribution in [1.82, 2.24) is 10.6 Å². The van der Waals surface area contributed by atoms with E-state index in [1.54, 1.807) is 6.92 Å². The standard InChI is InChI=1S/C22H25N3O3/c1-5-28-18-10-7-16(8-11-18)20-19(15(4)23-22(27)25-20)21(26)24-17-9-6-13(2)14(3)12-17/h6-12,20H,5H2,1-4H3,(H,24,26)(H2,23,25,27)/t20-/m1/s1. The Kier molecular flexibility index (Phi) is 5.68. The zero-order valence-electron chi connectivity index (χ0n) is 16.6. The van der Waals surface area contributed by atoms with Crippen LogP contribution in [0.5, 0.6) is 5.75 Å². The van der Waals surface area contributed by atoms with Gasteiger partial charge in [0.2, 0.25) is 0 Å². The zero-order valence-corrected chi connectivity index (χ0v) is 16.6. The Hall–Kier alpha value is -3.28. The van der Waals surface area contributed by atoms with Crippen molar-refractivity contribution in [2.75, 3.05) is 11.9 Å². The molecular formula is C22H25N3O3. The fraction of sp³-hybridized carbons (Fsp3) is 0.273. The number of carbonyl (C=O) groups is 2. The van der Waals surface area contributed by atoms with Crippen molar-refractivity contribution >= 4 is 17.6 Å². The molecule has 1 heterocycles. The highest BCUT2D eigenvalue weighted by Crippen LogP contribution is 2.29. The molecule has 2 aromatic rings. The van der Waals surface area contributed by atoms with Gasteiger partial charge in [-0.2, -0.15) is 0 Å². The van der Waals surface area contributed by atoms with Gasteiger partial charge in [0.1, 0.15) is 5.75 Å². The SMILES string of the molecule is CCOc1ccc([C@H]2NC(=O)NC(C)=C2C(=O)Nc2ccc(C)c(C)c2)cc1. The first-order valence-corrected chi connectivity index (χ1v) is 9.28. The maximum absolute atomic E-state index is 13.0. The number of ether oxygens (including phenoxy) is 1. The highest BCUT2D eigenvalue weighted by molar-refractivity contribution is 6.06. The van der Waals surface area contributed by atoms with E-state index in [1.165, 1.54) is 0 Å². The van der Waals surface area contributed by atoms with Gasteiger partial charge in [-0.3, -0.25) is 4.79 Å². The van der Waals surface area contributed by atoms with Crippen LogP contribution >= 0.6 is 0 Å². The lowest BCUT2D eigenvalue weighted by Crippen LogP contribution is -2.45. The normalized spacial score (nSPS) is 16.3. The number of rotatable bonds is 5. The molecule has 2 aromatic carbocycles. The summed E-state index contributed by atoms with van der Waals surface area (Å²) in [5.74, 6) is 0.487. The molecule has 1 aliphatic heterocycles. The second-order valence-electron chi connectivity index (χ2n) is 6.83. The average molecular weight is 379 g/mol. The van der Waals surface area contributed by atoms with Gasteiger partial charge < -0.3 is 20.7 Å². The Bertz CT molecular complexity index is 933. The molecule has 0 saturated heterocycles. The third-order valence-electron chi connectivity index (χ3n) is 4.80. The summed E-state index contributed by atoms with van der Waals surface area (Å²) in [4.78, 5) is 25.1. The number of amides is 3. The molecule has 0 aliphatic carbocycles. The lowest BCUT2D eigenvalue weighted by atomic mass is 9.94. The van der Waals surface area contributed by atoms with Crippen molar-refractivity contribution in [1.29, 1.82) is 0 Å². The first kappa shape index (κ1) is 19.5. The van der Waals surface area contributed by atoms with E-state index < -0.39 is 6.04 Å². The van der Waals surface area contributed by atoms with Crippen LogP contribution in [0.3, 0.4) is 0 Å². The summed E-state index contributed by atoms with van der Waals surface area (Å²) in [6, 6.07) is 12.3. The molecule has 0 unspecified atom stereocenters. The minimum atomic E-state index is -0.545. The predicted molar refractivity (Wildman–Crippen MR) is 109 cm³/mol. The van der Waals surface area contributed by atoms with Crippen LogP contribution in [0.1, 0.15) is 36.6 Å². The maximum Gasteiger partial charge on any atom is 0.319 e. The van der Waals surface area contributed by atoms with Gasteiger partial charge in [-0.05, 0) is 68.7 Å². The Morgan fingerprint density at radius 2 is 1.79 bits per heavy atom. The third-order valence-corrected chi connectivity index (χ3v) is 4.80. The minimum Gasteiger partial charge on any atom is -0.494 e. The van der Waals surface area contributed by atoms with Gasteiger partial charge >= 0.3 is 6.03 Å². The van der Waals surface area contributed by atoms with E-state index in [4.69, 9.17) is 4.74 Å². The molecule has 6 nitrogen and oxygen atoms in total. The Balaban J connectivity index is 1.90. The molecule has 146 valence electrons. The number of nitrogens with one attached hydrogen (secondary N) is 3. The molecule has 0 radical (unpaired) electrons. The summed E-state index contributed by atoms with van der Waals surface area (Å²) in [5, 5.41) is 8.48. The average Bonchev–Trinajstić information content (AvgIpc) is 2.65. The Labute approximate surface area is 165 Å². The van der Waals surface area contributed by atoms with Gasteiger partial charge in [0.25, 0.3) is 5.91 Å². The predicted octanol–water partition coefficient (Wildman–Crippen LogP) is 3.97. The van der Waals surface area contributed by atoms with Crippen LogP contribution in [0.25, 0.3) is 0 Å². The van der Waals surface area contributed by atoms with Crippen LogP contribution in [0, 0.1) is 13.8 Å². The van der Waals surface area contributed by atoms with Gasteiger partial charge in [0, 0.05) is 11.4 Å². The molecule has 0 saturated carbocycles. The van der Waals surface area contributed by atoms with Gasteiger partial charge in [-0.1, -0.05) is 18.2 Å². The number of hydrogen-bond acceptors (Lipinski definition) is 3. The third kappa shape index (κ3) is 4.17. The lowest BCUT2D eigenvalue weighted by molar-refractivity contribution is -0.113. The van der Waals surface area contributed by atoms with Crippen LogP contribution in [-0.4, -0.2) is 18.5 Å². The molecule has 1 aliphatic rings. The van der Waals surface area contributed by atoms with Crippen LogP contribution < -0.4 is 20.7 Å². The number of hydrogen-bond donors (Lipinski definition) is 3. The molecule has 0 bridgehead atoms. The molecule has 0 spiro atoms. The summed E-state index contributed by atoms with van der Waals surface area (Å²) in [5.41, 5.74) is 4.79. The smallest absolute Gasteiger partial charge is 0.319 e. The Morgan fingerprint density at radius 3 is 2.43 bits per heavy atom. The molecule has 6 heteroatoms. The fourth-order valence-corrected chi connectivity index (χ4v) is 3.19. The van der Waals surface area contributed by atoms with Gasteiger partial charge in [-0.25, -0.2) is 4.79 Å². The van der Waals surface area contributed by atoms with Crippen molar-refractivity contribution in [3.63, 3.8) is 0 Å². The number of carbonyl (C=O) groups excluding carboxylic acids is 2. The number of anilines is 1. The maximum atomic E-state index is 13.0. The monoisotopic (exact) mass is 379 g/mol. The van der Waals surface area contributed by atoms with E-state index >= 15 is 0 Å². The van der Waals surface area contributed by atoms with Crippen molar-refractivity contribution in [3.05, 3.63) is 70.4 Å². The van der Waals surface area contributed by atoms with E-state index in [0.29, 0.717) is 17.9 Å². The minimum absolute atomic E-state index is 0.257. The van der Waals surface area contributed by atoms with E-state index in [-0.39, 0.29) is 11.9 Å². The Morgan fingerprint density at radius 1 is 1.07 bits per heavy atom. The van der Waals surface area contributed by atoms with Gasteiger partial charge in [0.05, 0.1) is 18.2 Å². The summed E-state index contributed by atoms with van der Waals surface area (Å²) in [7, 11) is 0. The number of benzene rings is 2. The topological polar surface area (TPSA) is 79.5 Å². The van der Waals surface area contributed by atoms with Crippen molar-refractivity contribution in [3.8, 4) is 5.75 Å². The second-order valence-corrected chi connectivity index (χ2v) is 6.83. The van der Waals surface area contributed by atoms with Gasteiger partial charge in [0.15, 0.2) is 0 Å². The number of urea groups is 1. The van der Waals surface area contributed by atoms with Crippen molar-refractivity contribution < 1.29 is 14.3 Å². The first-order valence-electron chi connectivity index (χ1n) is 9.28. The summed E-state index contributed by atoms with van der Waals surface area (Å²) in [6.45, 7) is 8.25. The molecule has 0 aromatic heterocycles. The molecule has 0 fully saturated rings. The van der Waals surface area contributed by atoms with Crippen molar-refractivity contribution in [2.45, 2.75) is 33.7 Å². The van der Waals surface area contributed by atoms with Crippen LogP contribution in [-0.2, 0) is 4.79 Å². The molecule has 3 rings (SSSR count). The van der Waals surface area contributed by atoms with Gasteiger partial charge in [-0.15, -0.1) is 0 Å². The zero-order chi connectivity index (χ0) is 20.3. The number of allylic oxidation sites excluding steroid dienone is 1. The van der Waals surface area contributed by atoms with E-state index in [9.17, 15) is 9.59 Å². The highest BCUT2D eigenvalue weighted by atomic mass is 16.5. The molecule has 1 atom stereocenters. The molecule has 28 heavy (non-hydrogen) atoms. The quantitative estimate of drug-likeness (QED) is 0.735. The summed E-state index contributed by atoms with van der Waals surface area (Å²) >= 11 is 0. The van der Waals surface area contributed by atoms with Crippen LogP contribution in [0.2, 0.25) is 0 Å². The second kappa shape index (κ2) is 8.17. The van der Waals surface area contributed by atoms with E-state index in [1.807, 2.05) is 63.2 Å². The molecule has 3 N–H and O–H groups in total. The van der Waals surface area contributed by atoms with E-state index in [2.05, 4.69) is 16.0 Å². The summed E-state index contributed by atoms with van der Waals surface area (Å²) in [6.07, 6.45) is 0. The highest BCUT2D eigenvalue weighted by Gasteiger charge is 2.31. The molecular weight excluding hydrogens is 354 g/mol. The largest absolute Gasteiger partial charge is 0.494 e. The number of aryl methyl sites for hydroxylation is 2. The first-order chi connectivity index (χ1) is 13.4. The lowest BCUT2D eigenvalue weighted by Gasteiger charge is -2.28. The fourth-order valence-electron chi connectivity index (χ4n) is 3.19. The van der Waals surface area contributed by atoms with Crippen molar-refractivity contribution in [2.24, 2.45) is 0 Å². The van der Waals surface area contributed by atoms with Crippen LogP contribution in [0.4, 0.5) is 10.5 Å². The van der Waals surface area contributed by atoms with Crippen LogP contribution in [0.15, 0.2) is 53.7 Å².